The maximum Gasteiger partial charge on any atom is 0.345 e. The van der Waals surface area contributed by atoms with Gasteiger partial charge in [-0.1, -0.05) is 32.9 Å². The molecule has 0 spiro atoms. The van der Waals surface area contributed by atoms with Gasteiger partial charge in [-0.25, -0.2) is 14.3 Å². The molecule has 156 valence electrons. The zero-order chi connectivity index (χ0) is 20.8. The molecule has 1 aromatic carbocycles. The average molecular weight is 398 g/mol. The van der Waals surface area contributed by atoms with Gasteiger partial charge >= 0.3 is 11.7 Å². The van der Waals surface area contributed by atoms with Gasteiger partial charge in [0, 0.05) is 37.8 Å². The Balaban J connectivity index is 1.37. The van der Waals surface area contributed by atoms with Gasteiger partial charge in [0.25, 0.3) is 0 Å². The van der Waals surface area contributed by atoms with E-state index in [0.29, 0.717) is 19.1 Å². The second-order valence-electron chi connectivity index (χ2n) is 9.38. The van der Waals surface area contributed by atoms with Crippen LogP contribution in [0, 0.1) is 0 Å². The number of carbonyl (C=O) groups is 1. The van der Waals surface area contributed by atoms with Gasteiger partial charge in [0.05, 0.1) is 0 Å². The van der Waals surface area contributed by atoms with Gasteiger partial charge in [0.2, 0.25) is 0 Å². The standard InChI is InChI=1S/C22H31N5O2/c1-22(2,3)16-5-7-17(8-6-16)23-20(28)26-13-11-15(12-14-26)19-24-25(4)21(29)27(19)18-9-10-18/h5-8,15,18H,9-14H2,1-4H3,(H,23,28). The molecule has 0 bridgehead atoms. The van der Waals surface area contributed by atoms with Gasteiger partial charge in [-0.2, -0.15) is 5.10 Å². The summed E-state index contributed by atoms with van der Waals surface area (Å²) in [5.74, 6) is 1.14. The van der Waals surface area contributed by atoms with Crippen molar-refractivity contribution in [3.05, 3.63) is 46.1 Å². The van der Waals surface area contributed by atoms with Crippen molar-refractivity contribution in [1.29, 1.82) is 0 Å². The zero-order valence-electron chi connectivity index (χ0n) is 17.8. The van der Waals surface area contributed by atoms with Gasteiger partial charge in [0.1, 0.15) is 5.82 Å². The Morgan fingerprint density at radius 1 is 1.07 bits per heavy atom. The molecule has 1 aromatic heterocycles. The van der Waals surface area contributed by atoms with Crippen molar-refractivity contribution in [3.8, 4) is 0 Å². The molecule has 1 saturated heterocycles. The van der Waals surface area contributed by atoms with Crippen LogP contribution < -0.4 is 11.0 Å². The average Bonchev–Trinajstić information content (AvgIpc) is 3.47. The van der Waals surface area contributed by atoms with Crippen molar-refractivity contribution in [2.75, 3.05) is 18.4 Å². The zero-order valence-corrected chi connectivity index (χ0v) is 17.8. The van der Waals surface area contributed by atoms with E-state index in [1.165, 1.54) is 10.2 Å². The summed E-state index contributed by atoms with van der Waals surface area (Å²) >= 11 is 0. The van der Waals surface area contributed by atoms with E-state index in [9.17, 15) is 9.59 Å². The van der Waals surface area contributed by atoms with Crippen LogP contribution in [0.4, 0.5) is 10.5 Å². The first-order valence-corrected chi connectivity index (χ1v) is 10.6. The molecule has 7 nitrogen and oxygen atoms in total. The highest BCUT2D eigenvalue weighted by Crippen LogP contribution is 2.37. The summed E-state index contributed by atoms with van der Waals surface area (Å²) in [5.41, 5.74) is 2.14. The maximum atomic E-state index is 12.7. The molecule has 7 heteroatoms. The minimum atomic E-state index is -0.0624. The fourth-order valence-corrected chi connectivity index (χ4v) is 4.05. The number of nitrogens with zero attached hydrogens (tertiary/aromatic N) is 4. The van der Waals surface area contributed by atoms with E-state index in [4.69, 9.17) is 0 Å². The summed E-state index contributed by atoms with van der Waals surface area (Å²) < 4.78 is 3.34. The first-order valence-electron chi connectivity index (χ1n) is 10.6. The first-order chi connectivity index (χ1) is 13.7. The highest BCUT2D eigenvalue weighted by atomic mass is 16.2. The summed E-state index contributed by atoms with van der Waals surface area (Å²) in [6, 6.07) is 8.33. The van der Waals surface area contributed by atoms with Crippen molar-refractivity contribution in [2.45, 2.75) is 63.8 Å². The Morgan fingerprint density at radius 3 is 2.24 bits per heavy atom. The van der Waals surface area contributed by atoms with Crippen LogP contribution in [-0.2, 0) is 12.5 Å². The molecule has 29 heavy (non-hydrogen) atoms. The lowest BCUT2D eigenvalue weighted by Gasteiger charge is -2.31. The van der Waals surface area contributed by atoms with Gasteiger partial charge in [0.15, 0.2) is 0 Å². The SMILES string of the molecule is Cn1nc(C2CCN(C(=O)Nc3ccc(C(C)(C)C)cc3)CC2)n(C2CC2)c1=O. The van der Waals surface area contributed by atoms with E-state index in [0.717, 1.165) is 37.2 Å². The Kier molecular flexibility index (Phi) is 5.00. The van der Waals surface area contributed by atoms with Crippen LogP contribution in [0.25, 0.3) is 0 Å². The van der Waals surface area contributed by atoms with Crippen molar-refractivity contribution in [2.24, 2.45) is 7.05 Å². The van der Waals surface area contributed by atoms with Crippen LogP contribution in [0.3, 0.4) is 0 Å². The largest absolute Gasteiger partial charge is 0.345 e. The fourth-order valence-electron chi connectivity index (χ4n) is 4.05. The monoisotopic (exact) mass is 397 g/mol. The molecule has 2 aromatic rings. The second-order valence-corrected chi connectivity index (χ2v) is 9.38. The Morgan fingerprint density at radius 2 is 1.69 bits per heavy atom. The second kappa shape index (κ2) is 7.35. The predicted molar refractivity (Wildman–Crippen MR) is 113 cm³/mol. The lowest BCUT2D eigenvalue weighted by Crippen LogP contribution is -2.41. The van der Waals surface area contributed by atoms with Crippen LogP contribution in [0.2, 0.25) is 0 Å². The van der Waals surface area contributed by atoms with E-state index in [-0.39, 0.29) is 23.1 Å². The molecular formula is C22H31N5O2. The number of rotatable bonds is 3. The highest BCUT2D eigenvalue weighted by molar-refractivity contribution is 5.89. The third-order valence-corrected chi connectivity index (χ3v) is 6.04. The lowest BCUT2D eigenvalue weighted by molar-refractivity contribution is 0.192. The Labute approximate surface area is 171 Å². The number of aromatic nitrogens is 3. The van der Waals surface area contributed by atoms with E-state index in [1.54, 1.807) is 7.05 Å². The number of piperidine rings is 1. The molecule has 1 aliphatic heterocycles. The van der Waals surface area contributed by atoms with E-state index in [1.807, 2.05) is 21.6 Å². The number of nitrogens with one attached hydrogen (secondary N) is 1. The number of aryl methyl sites for hydroxylation is 1. The van der Waals surface area contributed by atoms with Crippen LogP contribution in [0.1, 0.15) is 69.8 Å². The number of amides is 2. The fraction of sp³-hybridized carbons (Fsp3) is 0.591. The molecule has 0 radical (unpaired) electrons. The molecule has 0 unspecified atom stereocenters. The predicted octanol–water partition coefficient (Wildman–Crippen LogP) is 3.63. The number of urea groups is 1. The highest BCUT2D eigenvalue weighted by Gasteiger charge is 2.34. The Bertz CT molecular complexity index is 939. The van der Waals surface area contributed by atoms with Gasteiger partial charge in [-0.15, -0.1) is 0 Å². The molecule has 1 aliphatic carbocycles. The lowest BCUT2D eigenvalue weighted by atomic mass is 9.87. The molecule has 0 atom stereocenters. The van der Waals surface area contributed by atoms with Crippen molar-refractivity contribution in [1.82, 2.24) is 19.2 Å². The molecule has 2 fully saturated rings. The minimum absolute atomic E-state index is 0.0126. The van der Waals surface area contributed by atoms with Crippen LogP contribution >= 0.6 is 0 Å². The third-order valence-electron chi connectivity index (χ3n) is 6.04. The molecule has 1 saturated carbocycles. The number of benzene rings is 1. The van der Waals surface area contributed by atoms with Gasteiger partial charge < -0.3 is 10.2 Å². The molecule has 2 amide bonds. The van der Waals surface area contributed by atoms with E-state index < -0.39 is 0 Å². The van der Waals surface area contributed by atoms with Crippen LogP contribution in [0.5, 0.6) is 0 Å². The van der Waals surface area contributed by atoms with Crippen molar-refractivity contribution in [3.63, 3.8) is 0 Å². The van der Waals surface area contributed by atoms with Crippen molar-refractivity contribution >= 4 is 11.7 Å². The number of hydrogen-bond acceptors (Lipinski definition) is 3. The van der Waals surface area contributed by atoms with Crippen LogP contribution in [0.15, 0.2) is 29.1 Å². The molecular weight excluding hydrogens is 366 g/mol. The number of hydrogen-bond donors (Lipinski definition) is 1. The Hall–Kier alpha value is -2.57. The molecule has 4 rings (SSSR count). The summed E-state index contributed by atoms with van der Waals surface area (Å²) in [6.07, 6.45) is 3.79. The normalized spacial score (nSPS) is 18.1. The third kappa shape index (κ3) is 4.09. The van der Waals surface area contributed by atoms with E-state index in [2.05, 4.69) is 43.3 Å². The number of anilines is 1. The molecule has 2 aliphatic rings. The summed E-state index contributed by atoms with van der Waals surface area (Å²) in [4.78, 5) is 26.9. The topological polar surface area (TPSA) is 72.2 Å². The summed E-state index contributed by atoms with van der Waals surface area (Å²) in [5, 5.41) is 7.52. The van der Waals surface area contributed by atoms with Gasteiger partial charge in [-0.3, -0.25) is 4.57 Å². The number of likely N-dealkylation sites (tertiary alicyclic amines) is 1. The molecule has 1 N–H and O–H groups in total. The van der Waals surface area contributed by atoms with Crippen molar-refractivity contribution < 1.29 is 4.79 Å². The number of carbonyl (C=O) groups excluding carboxylic acids is 1. The molecule has 2 heterocycles. The maximum absolute atomic E-state index is 12.7. The first kappa shape index (κ1) is 19.7. The summed E-state index contributed by atoms with van der Waals surface area (Å²) in [7, 11) is 1.72. The van der Waals surface area contributed by atoms with Crippen LogP contribution in [-0.4, -0.2) is 38.4 Å². The summed E-state index contributed by atoms with van der Waals surface area (Å²) in [6.45, 7) is 7.87. The minimum Gasteiger partial charge on any atom is -0.324 e. The quantitative estimate of drug-likeness (QED) is 0.860. The van der Waals surface area contributed by atoms with Gasteiger partial charge in [-0.05, 0) is 48.8 Å². The smallest absolute Gasteiger partial charge is 0.324 e. The van der Waals surface area contributed by atoms with E-state index >= 15 is 0 Å².